The zero-order chi connectivity index (χ0) is 19.6. The van der Waals surface area contributed by atoms with Gasteiger partial charge in [-0.3, -0.25) is 9.80 Å². The Bertz CT molecular complexity index is 437. The summed E-state index contributed by atoms with van der Waals surface area (Å²) >= 11 is 0. The number of unbranched alkanes of at least 4 members (excludes halogenated alkanes) is 1. The van der Waals surface area contributed by atoms with Crippen molar-refractivity contribution in [3.63, 3.8) is 0 Å². The van der Waals surface area contributed by atoms with Gasteiger partial charge in [-0.15, -0.1) is 18.3 Å². The summed E-state index contributed by atoms with van der Waals surface area (Å²) < 4.78 is 10.6. The molecule has 0 amide bonds. The molecular weight excluding hydrogens is 338 g/mol. The second-order valence-corrected chi connectivity index (χ2v) is 6.78. The molecule has 0 aromatic rings. The number of terminal acetylenes is 1. The van der Waals surface area contributed by atoms with Crippen LogP contribution in [0.2, 0.25) is 0 Å². The van der Waals surface area contributed by atoms with Crippen molar-refractivity contribution in [3.8, 4) is 24.2 Å². The number of nitrogens with zero attached hydrogens (tertiary/aromatic N) is 3. The van der Waals surface area contributed by atoms with Gasteiger partial charge in [-0.05, 0) is 26.1 Å². The quantitative estimate of drug-likeness (QED) is 0.475. The van der Waals surface area contributed by atoms with Crippen molar-refractivity contribution in [2.75, 3.05) is 85.3 Å². The van der Waals surface area contributed by atoms with Crippen molar-refractivity contribution in [1.29, 1.82) is 0 Å². The minimum atomic E-state index is 0.860. The smallest absolute Gasteiger partial charge is 0.0603 e. The van der Waals surface area contributed by atoms with Gasteiger partial charge in [-0.1, -0.05) is 19.8 Å². The Morgan fingerprint density at radius 2 is 1.44 bits per heavy atom. The summed E-state index contributed by atoms with van der Waals surface area (Å²) in [6.07, 6.45) is 8.18. The van der Waals surface area contributed by atoms with Gasteiger partial charge < -0.3 is 14.4 Å². The van der Waals surface area contributed by atoms with Gasteiger partial charge in [0.25, 0.3) is 0 Å². The standard InChI is InChI=1S/C14H24N2O2.C8H15N/c1(3-5-15-7-11-17-12-8-15)2-4-6-16-9-13-18-14-10-16;1-4-7-8-9(5-2)6-3/h1,3,5-14H2;1H,5-8H2,2-3H3. The molecule has 0 radical (unpaired) electrons. The van der Waals surface area contributed by atoms with Gasteiger partial charge in [0.15, 0.2) is 0 Å². The van der Waals surface area contributed by atoms with E-state index in [9.17, 15) is 0 Å². The van der Waals surface area contributed by atoms with Crippen LogP contribution < -0.4 is 0 Å². The van der Waals surface area contributed by atoms with Gasteiger partial charge in [0.1, 0.15) is 0 Å². The van der Waals surface area contributed by atoms with E-state index in [1.165, 1.54) is 6.42 Å². The molecule has 2 rings (SSSR count). The first kappa shape index (κ1) is 24.0. The molecule has 5 nitrogen and oxygen atoms in total. The number of rotatable bonds is 8. The summed E-state index contributed by atoms with van der Waals surface area (Å²) in [7, 11) is 0. The second kappa shape index (κ2) is 17.0. The molecule has 0 spiro atoms. The van der Waals surface area contributed by atoms with Crippen LogP contribution in [0.25, 0.3) is 0 Å². The van der Waals surface area contributed by atoms with Crippen molar-refractivity contribution in [1.82, 2.24) is 14.7 Å². The summed E-state index contributed by atoms with van der Waals surface area (Å²) in [4.78, 5) is 7.14. The van der Waals surface area contributed by atoms with Crippen LogP contribution in [0.5, 0.6) is 0 Å². The third-order valence-electron chi connectivity index (χ3n) is 4.88. The Morgan fingerprint density at radius 3 is 2.00 bits per heavy atom. The van der Waals surface area contributed by atoms with E-state index in [1.54, 1.807) is 0 Å². The Kier molecular flexibility index (Phi) is 15.1. The van der Waals surface area contributed by atoms with Crippen molar-refractivity contribution in [3.05, 3.63) is 0 Å². The minimum Gasteiger partial charge on any atom is -0.379 e. The zero-order valence-corrected chi connectivity index (χ0v) is 17.5. The van der Waals surface area contributed by atoms with Crippen LogP contribution in [0.4, 0.5) is 0 Å². The third-order valence-corrected chi connectivity index (χ3v) is 4.88. The summed E-state index contributed by atoms with van der Waals surface area (Å²) in [6, 6.07) is 0. The summed E-state index contributed by atoms with van der Waals surface area (Å²) in [5.74, 6) is 9.18. The van der Waals surface area contributed by atoms with E-state index in [1.807, 2.05) is 0 Å². The van der Waals surface area contributed by atoms with Gasteiger partial charge >= 0.3 is 0 Å². The first-order valence-corrected chi connectivity index (χ1v) is 10.5. The summed E-state index contributed by atoms with van der Waals surface area (Å²) in [6.45, 7) is 17.4. The normalized spacial score (nSPS) is 18.1. The molecule has 2 heterocycles. The van der Waals surface area contributed by atoms with Crippen LogP contribution in [0.3, 0.4) is 0 Å². The van der Waals surface area contributed by atoms with Crippen LogP contribution in [-0.2, 0) is 9.47 Å². The van der Waals surface area contributed by atoms with Gasteiger partial charge in [-0.2, -0.15) is 0 Å². The molecule has 0 N–H and O–H groups in total. The lowest BCUT2D eigenvalue weighted by Crippen LogP contribution is -2.36. The molecule has 0 atom stereocenters. The zero-order valence-electron chi connectivity index (χ0n) is 17.5. The molecule has 0 unspecified atom stereocenters. The predicted octanol–water partition coefficient (Wildman–Crippen LogP) is 1.79. The van der Waals surface area contributed by atoms with Crippen LogP contribution in [0.1, 0.15) is 33.1 Å². The van der Waals surface area contributed by atoms with Crippen LogP contribution in [0, 0.1) is 24.2 Å². The van der Waals surface area contributed by atoms with Crippen molar-refractivity contribution in [2.45, 2.75) is 33.1 Å². The molecule has 0 saturated carbocycles. The fraction of sp³-hybridized carbons (Fsp3) is 0.818. The minimum absolute atomic E-state index is 0.860. The first-order chi connectivity index (χ1) is 13.3. The molecule has 0 aromatic carbocycles. The summed E-state index contributed by atoms with van der Waals surface area (Å²) in [5.41, 5.74) is 0. The fourth-order valence-electron chi connectivity index (χ4n) is 2.99. The van der Waals surface area contributed by atoms with Gasteiger partial charge in [0.05, 0.1) is 33.0 Å². The molecule has 27 heavy (non-hydrogen) atoms. The molecule has 154 valence electrons. The second-order valence-electron chi connectivity index (χ2n) is 6.78. The highest BCUT2D eigenvalue weighted by Gasteiger charge is 2.09. The maximum Gasteiger partial charge on any atom is 0.0603 e. The lowest BCUT2D eigenvalue weighted by Gasteiger charge is -2.26. The number of morpholine rings is 2. The van der Waals surface area contributed by atoms with E-state index in [2.05, 4.69) is 46.3 Å². The van der Waals surface area contributed by atoms with E-state index in [4.69, 9.17) is 15.9 Å². The molecule has 2 aliphatic heterocycles. The first-order valence-electron chi connectivity index (χ1n) is 10.5. The maximum absolute atomic E-state index is 5.33. The lowest BCUT2D eigenvalue weighted by molar-refractivity contribution is 0.0376. The average molecular weight is 378 g/mol. The van der Waals surface area contributed by atoms with E-state index in [0.717, 1.165) is 98.2 Å². The molecule has 5 heteroatoms. The van der Waals surface area contributed by atoms with Crippen LogP contribution in [-0.4, -0.2) is 100 Å². The van der Waals surface area contributed by atoms with E-state index in [0.29, 0.717) is 0 Å². The molecule has 2 saturated heterocycles. The highest BCUT2D eigenvalue weighted by Crippen LogP contribution is 1.99. The van der Waals surface area contributed by atoms with E-state index in [-0.39, 0.29) is 0 Å². The Hall–Kier alpha value is -1.08. The van der Waals surface area contributed by atoms with Crippen molar-refractivity contribution < 1.29 is 9.47 Å². The molecular formula is C22H39N3O2. The topological polar surface area (TPSA) is 28.2 Å². The van der Waals surface area contributed by atoms with E-state index < -0.39 is 0 Å². The van der Waals surface area contributed by atoms with Gasteiger partial charge in [0.2, 0.25) is 0 Å². The highest BCUT2D eigenvalue weighted by molar-refractivity contribution is 5.01. The fourth-order valence-corrected chi connectivity index (χ4v) is 2.99. The number of ether oxygens (including phenoxy) is 2. The maximum atomic E-state index is 5.33. The summed E-state index contributed by atoms with van der Waals surface area (Å²) in [5, 5.41) is 0. The predicted molar refractivity (Wildman–Crippen MR) is 113 cm³/mol. The molecule has 0 aliphatic carbocycles. The van der Waals surface area contributed by atoms with Crippen LogP contribution in [0.15, 0.2) is 0 Å². The Labute approximate surface area is 167 Å². The molecule has 2 fully saturated rings. The van der Waals surface area contributed by atoms with Crippen LogP contribution >= 0.6 is 0 Å². The number of hydrogen-bond donors (Lipinski definition) is 0. The van der Waals surface area contributed by atoms with Gasteiger partial charge in [-0.25, -0.2) is 0 Å². The highest BCUT2D eigenvalue weighted by atomic mass is 16.5. The molecule has 0 aromatic heterocycles. The Morgan fingerprint density at radius 1 is 0.852 bits per heavy atom. The largest absolute Gasteiger partial charge is 0.379 e. The van der Waals surface area contributed by atoms with Crippen molar-refractivity contribution >= 4 is 0 Å². The SMILES string of the molecule is C#CCCN(CC)CC.C(#CCN1CCOCC1)CCCN1CCOCC1. The number of hydrogen-bond acceptors (Lipinski definition) is 5. The third kappa shape index (κ3) is 12.8. The monoisotopic (exact) mass is 377 g/mol. The van der Waals surface area contributed by atoms with Crippen molar-refractivity contribution in [2.24, 2.45) is 0 Å². The lowest BCUT2D eigenvalue weighted by atomic mass is 10.2. The van der Waals surface area contributed by atoms with Gasteiger partial charge in [0, 0.05) is 45.6 Å². The Balaban J connectivity index is 0.000000345. The van der Waals surface area contributed by atoms with E-state index >= 15 is 0 Å². The average Bonchev–Trinajstić information content (AvgIpc) is 2.73. The molecule has 0 bridgehead atoms. The molecule has 2 aliphatic rings.